The van der Waals surface area contributed by atoms with Crippen molar-refractivity contribution in [3.63, 3.8) is 0 Å². The predicted octanol–water partition coefficient (Wildman–Crippen LogP) is 0.657. The van der Waals surface area contributed by atoms with Crippen LogP contribution < -0.4 is 9.88 Å². The van der Waals surface area contributed by atoms with Crippen LogP contribution in [0.5, 0.6) is 5.75 Å². The Bertz CT molecular complexity index is 638. The lowest BCUT2D eigenvalue weighted by molar-refractivity contribution is -0.386. The van der Waals surface area contributed by atoms with Gasteiger partial charge >= 0.3 is 5.69 Å². The fourth-order valence-corrected chi connectivity index (χ4v) is 2.26. The minimum absolute atomic E-state index is 0.00975. The molecular weight excluding hydrogens is 288 g/mol. The molecule has 0 unspecified atom stereocenters. The van der Waals surface area contributed by atoms with E-state index in [0.717, 1.165) is 6.07 Å². The third-order valence-electron chi connectivity index (χ3n) is 2.93. The maximum absolute atomic E-state index is 11.2. The number of nitrogens with two attached hydrogens (primary N) is 1. The maximum atomic E-state index is 11.2. The summed E-state index contributed by atoms with van der Waals surface area (Å²) in [6, 6.07) is 3.31. The Hall–Kier alpha value is -1.71. The van der Waals surface area contributed by atoms with E-state index in [1.807, 2.05) is 6.92 Å². The topological polar surface area (TPSA) is 122 Å². The molecule has 0 aliphatic carbocycles. The van der Waals surface area contributed by atoms with Crippen LogP contribution >= 0.6 is 0 Å². The summed E-state index contributed by atoms with van der Waals surface area (Å²) < 4.78 is 32.9. The van der Waals surface area contributed by atoms with Crippen molar-refractivity contribution in [2.75, 3.05) is 19.8 Å². The second-order valence-corrected chi connectivity index (χ2v) is 6.59. The van der Waals surface area contributed by atoms with Crippen molar-refractivity contribution >= 4 is 15.7 Å². The van der Waals surface area contributed by atoms with Crippen LogP contribution in [0.2, 0.25) is 0 Å². The van der Waals surface area contributed by atoms with E-state index in [1.54, 1.807) is 0 Å². The van der Waals surface area contributed by atoms with Gasteiger partial charge in [-0.25, -0.2) is 13.6 Å². The SMILES string of the molecule is CC1(COc2ccc(S(N)(=O)=O)cc2[N+](=O)[O-])COC1. The molecule has 0 atom stereocenters. The van der Waals surface area contributed by atoms with Crippen molar-refractivity contribution < 1.29 is 22.8 Å². The predicted molar refractivity (Wildman–Crippen MR) is 68.9 cm³/mol. The molecule has 2 N–H and O–H groups in total. The molecule has 8 nitrogen and oxygen atoms in total. The molecule has 2 rings (SSSR count). The van der Waals surface area contributed by atoms with E-state index >= 15 is 0 Å². The molecule has 0 spiro atoms. The summed E-state index contributed by atoms with van der Waals surface area (Å²) in [4.78, 5) is 9.95. The Labute approximate surface area is 115 Å². The first-order valence-electron chi connectivity index (χ1n) is 5.73. The van der Waals surface area contributed by atoms with Crippen molar-refractivity contribution in [2.45, 2.75) is 11.8 Å². The molecular formula is C11H14N2O6S. The molecule has 1 aliphatic heterocycles. The first-order valence-corrected chi connectivity index (χ1v) is 7.28. The number of nitro benzene ring substituents is 1. The minimum atomic E-state index is -3.99. The van der Waals surface area contributed by atoms with Crippen LogP contribution in [0.4, 0.5) is 5.69 Å². The number of primary sulfonamides is 1. The smallest absolute Gasteiger partial charge is 0.312 e. The molecule has 1 aliphatic rings. The average Bonchev–Trinajstić information content (AvgIpc) is 2.32. The summed E-state index contributed by atoms with van der Waals surface area (Å²) in [6.07, 6.45) is 0. The lowest BCUT2D eigenvalue weighted by Gasteiger charge is -2.37. The average molecular weight is 302 g/mol. The Balaban J connectivity index is 2.26. The zero-order valence-corrected chi connectivity index (χ0v) is 11.6. The molecule has 0 bridgehead atoms. The fourth-order valence-electron chi connectivity index (χ4n) is 1.72. The number of ether oxygens (including phenoxy) is 2. The number of hydrogen-bond acceptors (Lipinski definition) is 6. The molecule has 20 heavy (non-hydrogen) atoms. The van der Waals surface area contributed by atoms with Gasteiger partial charge in [-0.15, -0.1) is 0 Å². The van der Waals surface area contributed by atoms with Crippen molar-refractivity contribution in [3.8, 4) is 5.75 Å². The highest BCUT2D eigenvalue weighted by molar-refractivity contribution is 7.89. The van der Waals surface area contributed by atoms with Crippen LogP contribution in [0.1, 0.15) is 6.92 Å². The van der Waals surface area contributed by atoms with Gasteiger partial charge in [0.25, 0.3) is 0 Å². The number of nitro groups is 1. The van der Waals surface area contributed by atoms with Gasteiger partial charge in [-0.05, 0) is 12.1 Å². The summed E-state index contributed by atoms with van der Waals surface area (Å²) in [7, 11) is -3.99. The van der Waals surface area contributed by atoms with Gasteiger partial charge in [-0.1, -0.05) is 6.92 Å². The maximum Gasteiger partial charge on any atom is 0.312 e. The summed E-state index contributed by atoms with van der Waals surface area (Å²) in [5.41, 5.74) is -0.604. The van der Waals surface area contributed by atoms with E-state index in [0.29, 0.717) is 13.2 Å². The molecule has 1 aromatic carbocycles. The van der Waals surface area contributed by atoms with Crippen LogP contribution in [-0.4, -0.2) is 33.2 Å². The molecule has 0 radical (unpaired) electrons. The molecule has 1 saturated heterocycles. The Morgan fingerprint density at radius 2 is 2.15 bits per heavy atom. The standard InChI is InChI=1S/C11H14N2O6S/c1-11(5-18-6-11)7-19-10-3-2-8(20(12,16)17)4-9(10)13(14)15/h2-4H,5-7H2,1H3,(H2,12,16,17). The van der Waals surface area contributed by atoms with E-state index < -0.39 is 20.6 Å². The van der Waals surface area contributed by atoms with E-state index in [4.69, 9.17) is 14.6 Å². The van der Waals surface area contributed by atoms with Gasteiger partial charge in [-0.2, -0.15) is 0 Å². The van der Waals surface area contributed by atoms with Gasteiger partial charge in [0.2, 0.25) is 10.0 Å². The third kappa shape index (κ3) is 3.06. The van der Waals surface area contributed by atoms with E-state index in [-0.39, 0.29) is 22.7 Å². The lowest BCUT2D eigenvalue weighted by Crippen LogP contribution is -2.44. The van der Waals surface area contributed by atoms with Gasteiger partial charge in [0, 0.05) is 11.5 Å². The van der Waals surface area contributed by atoms with Gasteiger partial charge < -0.3 is 9.47 Å². The highest BCUT2D eigenvalue weighted by atomic mass is 32.2. The molecule has 1 fully saturated rings. The monoisotopic (exact) mass is 302 g/mol. The quantitative estimate of drug-likeness (QED) is 0.629. The molecule has 0 aromatic heterocycles. The molecule has 0 amide bonds. The molecule has 9 heteroatoms. The number of sulfonamides is 1. The fraction of sp³-hybridized carbons (Fsp3) is 0.455. The number of rotatable bonds is 5. The van der Waals surface area contributed by atoms with Gasteiger partial charge in [0.1, 0.15) is 0 Å². The summed E-state index contributed by atoms with van der Waals surface area (Å²) in [5.74, 6) is 0.00975. The van der Waals surface area contributed by atoms with Gasteiger partial charge in [0.05, 0.1) is 29.6 Å². The van der Waals surface area contributed by atoms with Gasteiger partial charge in [0.15, 0.2) is 5.75 Å². The van der Waals surface area contributed by atoms with Crippen molar-refractivity contribution in [2.24, 2.45) is 10.6 Å². The third-order valence-corrected chi connectivity index (χ3v) is 3.84. The van der Waals surface area contributed by atoms with Crippen LogP contribution in [0, 0.1) is 15.5 Å². The van der Waals surface area contributed by atoms with Crippen LogP contribution in [0.3, 0.4) is 0 Å². The highest BCUT2D eigenvalue weighted by Gasteiger charge is 2.35. The molecule has 110 valence electrons. The Morgan fingerprint density at radius 1 is 1.50 bits per heavy atom. The summed E-state index contributed by atoms with van der Waals surface area (Å²) >= 11 is 0. The first kappa shape index (κ1) is 14.7. The van der Waals surface area contributed by atoms with Gasteiger partial charge in [-0.3, -0.25) is 10.1 Å². The highest BCUT2D eigenvalue weighted by Crippen LogP contribution is 2.33. The summed E-state index contributed by atoms with van der Waals surface area (Å²) in [5, 5.41) is 15.9. The molecule has 1 heterocycles. The summed E-state index contributed by atoms with van der Waals surface area (Å²) in [6.45, 7) is 3.23. The van der Waals surface area contributed by atoms with Crippen LogP contribution in [-0.2, 0) is 14.8 Å². The largest absolute Gasteiger partial charge is 0.486 e. The van der Waals surface area contributed by atoms with Crippen molar-refractivity contribution in [3.05, 3.63) is 28.3 Å². The van der Waals surface area contributed by atoms with Crippen LogP contribution in [0.15, 0.2) is 23.1 Å². The normalized spacial score (nSPS) is 17.3. The second kappa shape index (κ2) is 5.00. The number of nitrogens with zero attached hydrogens (tertiary/aromatic N) is 1. The van der Waals surface area contributed by atoms with E-state index in [9.17, 15) is 18.5 Å². The number of benzene rings is 1. The minimum Gasteiger partial charge on any atom is -0.486 e. The van der Waals surface area contributed by atoms with E-state index in [2.05, 4.69) is 0 Å². The Kier molecular flexibility index (Phi) is 3.67. The lowest BCUT2D eigenvalue weighted by atomic mass is 9.90. The van der Waals surface area contributed by atoms with E-state index in [1.165, 1.54) is 12.1 Å². The van der Waals surface area contributed by atoms with Crippen molar-refractivity contribution in [1.29, 1.82) is 0 Å². The second-order valence-electron chi connectivity index (χ2n) is 5.02. The molecule has 1 aromatic rings. The zero-order valence-electron chi connectivity index (χ0n) is 10.7. The van der Waals surface area contributed by atoms with Crippen LogP contribution in [0.25, 0.3) is 0 Å². The zero-order chi connectivity index (χ0) is 15.0. The Morgan fingerprint density at radius 3 is 2.60 bits per heavy atom. The number of hydrogen-bond donors (Lipinski definition) is 1. The molecule has 0 saturated carbocycles. The van der Waals surface area contributed by atoms with Crippen molar-refractivity contribution in [1.82, 2.24) is 0 Å². The first-order chi connectivity index (χ1) is 9.21.